The zero-order chi connectivity index (χ0) is 13.1. The molecule has 1 saturated heterocycles. The van der Waals surface area contributed by atoms with Gasteiger partial charge < -0.3 is 4.74 Å². The fourth-order valence-electron chi connectivity index (χ4n) is 1.92. The summed E-state index contributed by atoms with van der Waals surface area (Å²) < 4.78 is 6.89. The van der Waals surface area contributed by atoms with Crippen molar-refractivity contribution < 1.29 is 19.9 Å². The van der Waals surface area contributed by atoms with E-state index in [1.807, 2.05) is 0 Å². The van der Waals surface area contributed by atoms with E-state index in [1.54, 1.807) is 6.92 Å². The van der Waals surface area contributed by atoms with Crippen molar-refractivity contribution in [1.29, 1.82) is 0 Å². The Labute approximate surface area is 102 Å². The number of ether oxygens (including phenoxy) is 1. The second-order valence-corrected chi connectivity index (χ2v) is 4.13. The number of aryl methyl sites for hydroxylation is 1. The molecule has 0 unspecified atom stereocenters. The Morgan fingerprint density at radius 2 is 2.33 bits per heavy atom. The van der Waals surface area contributed by atoms with Crippen LogP contribution in [0, 0.1) is 6.92 Å². The molecule has 2 heterocycles. The Morgan fingerprint density at radius 1 is 1.56 bits per heavy atom. The summed E-state index contributed by atoms with van der Waals surface area (Å²) in [5.74, 6) is 0. The van der Waals surface area contributed by atoms with Crippen LogP contribution in [0.15, 0.2) is 15.8 Å². The molecule has 1 aliphatic heterocycles. The maximum absolute atomic E-state index is 11.6. The molecule has 1 aromatic rings. The van der Waals surface area contributed by atoms with Gasteiger partial charge >= 0.3 is 5.69 Å². The third-order valence-corrected chi connectivity index (χ3v) is 2.85. The van der Waals surface area contributed by atoms with Crippen molar-refractivity contribution in [3.05, 3.63) is 32.6 Å². The Bertz CT molecular complexity index is 522. The van der Waals surface area contributed by atoms with Crippen LogP contribution in [0.1, 0.15) is 24.6 Å². The molecule has 8 nitrogen and oxygen atoms in total. The standard InChI is InChI=1S/C10H14N2O6/c1-6-4-12(10(14)11-9(6)13)8-3-2-7(17-8)5-16-18-15/h4,7-8,15H,2-3,5H2,1H3,(H,11,13,14)/t7-,8+/m0/s1. The smallest absolute Gasteiger partial charge is 0.330 e. The molecule has 0 saturated carbocycles. The Kier molecular flexibility index (Phi) is 3.92. The van der Waals surface area contributed by atoms with Crippen molar-refractivity contribution >= 4 is 0 Å². The molecule has 2 atom stereocenters. The number of hydrogen-bond donors (Lipinski definition) is 2. The second-order valence-electron chi connectivity index (χ2n) is 4.13. The molecule has 18 heavy (non-hydrogen) atoms. The van der Waals surface area contributed by atoms with E-state index in [0.717, 1.165) is 0 Å². The van der Waals surface area contributed by atoms with Crippen LogP contribution in [0.2, 0.25) is 0 Å². The van der Waals surface area contributed by atoms with Gasteiger partial charge in [-0.25, -0.2) is 14.9 Å². The summed E-state index contributed by atoms with van der Waals surface area (Å²) in [6, 6.07) is 0. The van der Waals surface area contributed by atoms with Crippen molar-refractivity contribution in [2.24, 2.45) is 0 Å². The van der Waals surface area contributed by atoms with Gasteiger partial charge in [0.2, 0.25) is 0 Å². The fourth-order valence-corrected chi connectivity index (χ4v) is 1.92. The maximum Gasteiger partial charge on any atom is 0.330 e. The second kappa shape index (κ2) is 5.44. The maximum atomic E-state index is 11.6. The highest BCUT2D eigenvalue weighted by Gasteiger charge is 2.28. The fraction of sp³-hybridized carbons (Fsp3) is 0.600. The number of nitrogens with one attached hydrogen (secondary N) is 1. The predicted molar refractivity (Wildman–Crippen MR) is 58.9 cm³/mol. The lowest BCUT2D eigenvalue weighted by atomic mass is 10.2. The minimum Gasteiger partial charge on any atom is -0.352 e. The van der Waals surface area contributed by atoms with Gasteiger partial charge in [-0.2, -0.15) is 0 Å². The quantitative estimate of drug-likeness (QED) is 0.579. The summed E-state index contributed by atoms with van der Waals surface area (Å²) in [5.41, 5.74) is -0.463. The number of aromatic amines is 1. The first-order valence-corrected chi connectivity index (χ1v) is 5.52. The lowest BCUT2D eigenvalue weighted by molar-refractivity contribution is -0.494. The Hall–Kier alpha value is -1.48. The molecule has 0 aromatic carbocycles. The van der Waals surface area contributed by atoms with Crippen LogP contribution in [0.5, 0.6) is 0 Å². The molecule has 2 rings (SSSR count). The molecule has 100 valence electrons. The minimum absolute atomic E-state index is 0.0735. The van der Waals surface area contributed by atoms with Crippen molar-refractivity contribution in [2.75, 3.05) is 6.61 Å². The van der Waals surface area contributed by atoms with Crippen LogP contribution in [0.25, 0.3) is 0 Å². The summed E-state index contributed by atoms with van der Waals surface area (Å²) in [5, 5.41) is 11.6. The molecule has 8 heteroatoms. The van der Waals surface area contributed by atoms with E-state index in [4.69, 9.17) is 9.99 Å². The first-order chi connectivity index (χ1) is 8.61. The number of H-pyrrole nitrogens is 1. The van der Waals surface area contributed by atoms with Crippen LogP contribution in [0.3, 0.4) is 0 Å². The van der Waals surface area contributed by atoms with Crippen LogP contribution >= 0.6 is 0 Å². The van der Waals surface area contributed by atoms with Gasteiger partial charge in [0.05, 0.1) is 6.10 Å². The molecular weight excluding hydrogens is 244 g/mol. The van der Waals surface area contributed by atoms with E-state index in [1.165, 1.54) is 10.8 Å². The molecule has 0 radical (unpaired) electrons. The van der Waals surface area contributed by atoms with Crippen molar-refractivity contribution in [3.8, 4) is 0 Å². The number of nitrogens with zero attached hydrogens (tertiary/aromatic N) is 1. The van der Waals surface area contributed by atoms with Crippen molar-refractivity contribution in [2.45, 2.75) is 32.1 Å². The van der Waals surface area contributed by atoms with Crippen LogP contribution in [0.4, 0.5) is 0 Å². The predicted octanol–water partition coefficient (Wildman–Crippen LogP) is -0.0562. The number of hydrogen-bond acceptors (Lipinski definition) is 6. The van der Waals surface area contributed by atoms with E-state index < -0.39 is 17.5 Å². The first-order valence-electron chi connectivity index (χ1n) is 5.52. The topological polar surface area (TPSA) is 103 Å². The zero-order valence-corrected chi connectivity index (χ0v) is 9.79. The average molecular weight is 258 g/mol. The highest BCUT2D eigenvalue weighted by atomic mass is 17.5. The van der Waals surface area contributed by atoms with Crippen LogP contribution in [-0.4, -0.2) is 27.5 Å². The van der Waals surface area contributed by atoms with Gasteiger partial charge in [0.1, 0.15) is 12.8 Å². The molecule has 2 N–H and O–H groups in total. The van der Waals surface area contributed by atoms with Gasteiger partial charge in [0.15, 0.2) is 0 Å². The van der Waals surface area contributed by atoms with Gasteiger partial charge in [0, 0.05) is 11.8 Å². The van der Waals surface area contributed by atoms with Crippen molar-refractivity contribution in [3.63, 3.8) is 0 Å². The van der Waals surface area contributed by atoms with E-state index in [9.17, 15) is 9.59 Å². The Morgan fingerprint density at radius 3 is 3.06 bits per heavy atom. The van der Waals surface area contributed by atoms with E-state index in [-0.39, 0.29) is 12.7 Å². The molecule has 0 aliphatic carbocycles. The number of aromatic nitrogens is 2. The summed E-state index contributed by atoms with van der Waals surface area (Å²) >= 11 is 0. The molecule has 0 amide bonds. The number of rotatable bonds is 4. The first kappa shape index (κ1) is 13.0. The zero-order valence-electron chi connectivity index (χ0n) is 9.79. The third-order valence-electron chi connectivity index (χ3n) is 2.85. The normalized spacial score (nSPS) is 23.4. The molecule has 0 bridgehead atoms. The lowest BCUT2D eigenvalue weighted by Crippen LogP contribution is -2.33. The molecular formula is C10H14N2O6. The highest BCUT2D eigenvalue weighted by molar-refractivity contribution is 5.01. The Balaban J connectivity index is 2.12. The highest BCUT2D eigenvalue weighted by Crippen LogP contribution is 2.27. The van der Waals surface area contributed by atoms with Gasteiger partial charge in [-0.1, -0.05) is 5.04 Å². The lowest BCUT2D eigenvalue weighted by Gasteiger charge is -2.15. The molecule has 0 spiro atoms. The van der Waals surface area contributed by atoms with E-state index in [0.29, 0.717) is 18.4 Å². The molecule has 1 aliphatic rings. The van der Waals surface area contributed by atoms with Gasteiger partial charge in [-0.15, -0.1) is 0 Å². The summed E-state index contributed by atoms with van der Waals surface area (Å²) in [6.07, 6.45) is 2.04. The van der Waals surface area contributed by atoms with Crippen molar-refractivity contribution in [1.82, 2.24) is 9.55 Å². The third kappa shape index (κ3) is 2.67. The van der Waals surface area contributed by atoms with Gasteiger partial charge in [-0.3, -0.25) is 14.3 Å². The molecule has 1 aromatic heterocycles. The average Bonchev–Trinajstić information content (AvgIpc) is 2.79. The van der Waals surface area contributed by atoms with Crippen LogP contribution in [-0.2, 0) is 14.7 Å². The van der Waals surface area contributed by atoms with Crippen LogP contribution < -0.4 is 11.2 Å². The van der Waals surface area contributed by atoms with E-state index >= 15 is 0 Å². The van der Waals surface area contributed by atoms with Gasteiger partial charge in [-0.05, 0) is 19.8 Å². The molecule has 1 fully saturated rings. The monoisotopic (exact) mass is 258 g/mol. The van der Waals surface area contributed by atoms with Gasteiger partial charge in [0.25, 0.3) is 5.56 Å². The SMILES string of the molecule is Cc1cn([C@H]2CC[C@@H](COOO)O2)c(=O)[nH]c1=O. The largest absolute Gasteiger partial charge is 0.352 e. The van der Waals surface area contributed by atoms with E-state index in [2.05, 4.69) is 14.9 Å². The summed E-state index contributed by atoms with van der Waals surface area (Å²) in [6.45, 7) is 1.69. The summed E-state index contributed by atoms with van der Waals surface area (Å²) in [4.78, 5) is 29.4. The summed E-state index contributed by atoms with van der Waals surface area (Å²) in [7, 11) is 0. The minimum atomic E-state index is -0.504.